The number of hydrogen-bond acceptors (Lipinski definition) is 9. The second-order valence-electron chi connectivity index (χ2n) is 8.12. The molecule has 1 aliphatic rings. The quantitative estimate of drug-likeness (QED) is 0.261. The molecule has 190 valence electrons. The Bertz CT molecular complexity index is 1460. The Labute approximate surface area is 225 Å². The Balaban J connectivity index is 1.37. The minimum Gasteiger partial charge on any atom is -0.459 e. The van der Waals surface area contributed by atoms with Gasteiger partial charge in [0.05, 0.1) is 17.5 Å². The number of imidazole rings is 1. The summed E-state index contributed by atoms with van der Waals surface area (Å²) >= 11 is 17.8. The summed E-state index contributed by atoms with van der Waals surface area (Å²) in [4.78, 5) is 37.7. The molecule has 0 bridgehead atoms. The van der Waals surface area contributed by atoms with Gasteiger partial charge in [0.25, 0.3) is 0 Å². The largest absolute Gasteiger partial charge is 0.459 e. The van der Waals surface area contributed by atoms with Crippen molar-refractivity contribution in [1.29, 1.82) is 0 Å². The average molecular weight is 563 g/mol. The van der Waals surface area contributed by atoms with E-state index in [0.717, 1.165) is 0 Å². The fraction of sp³-hybridized carbons (Fsp3) is 0.208. The number of nitrogens with two attached hydrogens (primary N) is 1. The van der Waals surface area contributed by atoms with E-state index < -0.39 is 30.4 Å². The topological polar surface area (TPSA) is 131 Å². The lowest BCUT2D eigenvalue weighted by molar-refractivity contribution is -0.0563. The number of fused-ring (bicyclic) bond motifs is 1. The van der Waals surface area contributed by atoms with Crippen LogP contribution in [0.5, 0.6) is 0 Å². The van der Waals surface area contributed by atoms with Crippen LogP contribution in [-0.4, -0.2) is 50.3 Å². The van der Waals surface area contributed by atoms with Crippen LogP contribution >= 0.6 is 34.8 Å². The van der Waals surface area contributed by atoms with Crippen LogP contribution in [0.1, 0.15) is 33.4 Å². The molecule has 13 heteroatoms. The molecule has 2 N–H and O–H groups in total. The maximum absolute atomic E-state index is 12.8. The Hall–Kier alpha value is -3.44. The molecule has 37 heavy (non-hydrogen) atoms. The molecule has 0 spiro atoms. The highest BCUT2D eigenvalue weighted by Gasteiger charge is 2.40. The van der Waals surface area contributed by atoms with E-state index >= 15 is 0 Å². The van der Waals surface area contributed by atoms with Gasteiger partial charge in [-0.25, -0.2) is 14.6 Å². The molecule has 1 unspecified atom stereocenters. The number of nitrogens with zero attached hydrogens (tertiary/aromatic N) is 4. The predicted octanol–water partition coefficient (Wildman–Crippen LogP) is 4.74. The highest BCUT2D eigenvalue weighted by atomic mass is 35.5. The fourth-order valence-electron chi connectivity index (χ4n) is 3.89. The molecule has 5 rings (SSSR count). The summed E-state index contributed by atoms with van der Waals surface area (Å²) in [7, 11) is 0. The highest BCUT2D eigenvalue weighted by molar-refractivity contribution is 6.31. The Kier molecular flexibility index (Phi) is 7.16. The Morgan fingerprint density at radius 1 is 0.973 bits per heavy atom. The molecule has 1 fully saturated rings. The lowest BCUT2D eigenvalue weighted by atomic mass is 10.1. The van der Waals surface area contributed by atoms with Crippen LogP contribution in [0.4, 0.5) is 5.82 Å². The third-order valence-corrected chi connectivity index (χ3v) is 6.38. The number of ether oxygens (including phenoxy) is 3. The van der Waals surface area contributed by atoms with Crippen molar-refractivity contribution in [2.24, 2.45) is 0 Å². The van der Waals surface area contributed by atoms with Gasteiger partial charge in [0.1, 0.15) is 30.6 Å². The standard InChI is InChI=1S/C24H18Cl3N5O5/c25-14-5-1-12(2-6-14)22(33)35-10-17-16(37-23(34)13-3-7-15(26)8-4-13)9-18(36-17)32-11-29-19-20(28)30-24(27)31-21(19)32/h1-8,11,16-18H,9-10H2,(H2,28,30,31)/t16-,17+,18?/m0/s1. The fourth-order valence-corrected chi connectivity index (χ4v) is 4.31. The van der Waals surface area contributed by atoms with Gasteiger partial charge in [-0.3, -0.25) is 4.57 Å². The number of rotatable bonds is 6. The molecule has 10 nitrogen and oxygen atoms in total. The number of hydrogen-bond donors (Lipinski definition) is 1. The number of benzene rings is 2. The van der Waals surface area contributed by atoms with E-state index in [4.69, 9.17) is 54.7 Å². The van der Waals surface area contributed by atoms with E-state index in [1.54, 1.807) is 53.1 Å². The number of nitrogen functional groups attached to an aromatic ring is 1. The lowest BCUT2D eigenvalue weighted by Crippen LogP contribution is -2.32. The van der Waals surface area contributed by atoms with E-state index in [2.05, 4.69) is 15.0 Å². The zero-order valence-corrected chi connectivity index (χ0v) is 21.2. The van der Waals surface area contributed by atoms with E-state index in [9.17, 15) is 9.59 Å². The van der Waals surface area contributed by atoms with Crippen LogP contribution in [0, 0.1) is 0 Å². The summed E-state index contributed by atoms with van der Waals surface area (Å²) in [6, 6.07) is 12.5. The third kappa shape index (κ3) is 5.47. The number of halogens is 3. The van der Waals surface area contributed by atoms with Gasteiger partial charge in [-0.2, -0.15) is 9.97 Å². The van der Waals surface area contributed by atoms with Gasteiger partial charge in [-0.1, -0.05) is 23.2 Å². The van der Waals surface area contributed by atoms with Crippen molar-refractivity contribution in [2.75, 3.05) is 12.3 Å². The molecular formula is C24H18Cl3N5O5. The number of anilines is 1. The van der Waals surface area contributed by atoms with Crippen molar-refractivity contribution >= 4 is 63.7 Å². The van der Waals surface area contributed by atoms with Gasteiger partial charge >= 0.3 is 11.9 Å². The minimum absolute atomic E-state index is 0.0519. The molecule has 0 amide bonds. The summed E-state index contributed by atoms with van der Waals surface area (Å²) in [5, 5.41) is 0.924. The van der Waals surface area contributed by atoms with Crippen molar-refractivity contribution < 1.29 is 23.8 Å². The monoisotopic (exact) mass is 561 g/mol. The molecule has 0 radical (unpaired) electrons. The molecule has 4 aromatic rings. The number of carbonyl (C=O) groups is 2. The van der Waals surface area contributed by atoms with Crippen molar-refractivity contribution in [2.45, 2.75) is 24.9 Å². The van der Waals surface area contributed by atoms with Crippen molar-refractivity contribution in [3.05, 3.63) is 81.3 Å². The lowest BCUT2D eigenvalue weighted by Gasteiger charge is -2.19. The molecule has 3 heterocycles. The predicted molar refractivity (Wildman–Crippen MR) is 136 cm³/mol. The first kappa shape index (κ1) is 25.2. The molecule has 3 atom stereocenters. The summed E-state index contributed by atoms with van der Waals surface area (Å²) in [5.41, 5.74) is 7.24. The first-order valence-electron chi connectivity index (χ1n) is 11.0. The van der Waals surface area contributed by atoms with Gasteiger partial charge in [0, 0.05) is 16.5 Å². The summed E-state index contributed by atoms with van der Waals surface area (Å²) < 4.78 is 19.0. The van der Waals surface area contributed by atoms with E-state index in [-0.39, 0.29) is 24.1 Å². The van der Waals surface area contributed by atoms with Gasteiger partial charge in [0.15, 0.2) is 11.5 Å². The number of esters is 2. The van der Waals surface area contributed by atoms with Crippen LogP contribution in [0.25, 0.3) is 11.2 Å². The molecule has 0 aliphatic carbocycles. The van der Waals surface area contributed by atoms with Crippen molar-refractivity contribution in [1.82, 2.24) is 19.5 Å². The molecular weight excluding hydrogens is 545 g/mol. The van der Waals surface area contributed by atoms with Crippen LogP contribution in [0.15, 0.2) is 54.9 Å². The smallest absolute Gasteiger partial charge is 0.338 e. The first-order valence-corrected chi connectivity index (χ1v) is 12.1. The van der Waals surface area contributed by atoms with Gasteiger partial charge in [0.2, 0.25) is 5.28 Å². The Morgan fingerprint density at radius 2 is 1.59 bits per heavy atom. The van der Waals surface area contributed by atoms with Crippen molar-refractivity contribution in [3.63, 3.8) is 0 Å². The second kappa shape index (κ2) is 10.5. The second-order valence-corrected chi connectivity index (χ2v) is 9.33. The van der Waals surface area contributed by atoms with E-state index in [1.165, 1.54) is 6.33 Å². The van der Waals surface area contributed by atoms with Crippen LogP contribution in [0.2, 0.25) is 15.3 Å². The van der Waals surface area contributed by atoms with Gasteiger partial charge in [-0.05, 0) is 60.1 Å². The molecule has 2 aromatic heterocycles. The number of aromatic nitrogens is 4. The third-order valence-electron chi connectivity index (χ3n) is 5.71. The molecule has 2 aromatic carbocycles. The normalized spacial score (nSPS) is 19.2. The SMILES string of the molecule is Nc1nc(Cl)nc2c1ncn2C1C[C@H](OC(=O)c2ccc(Cl)cc2)[C@@H](COC(=O)c2ccc(Cl)cc2)O1. The van der Waals surface area contributed by atoms with Crippen LogP contribution in [-0.2, 0) is 14.2 Å². The first-order chi connectivity index (χ1) is 17.8. The highest BCUT2D eigenvalue weighted by Crippen LogP contribution is 2.34. The van der Waals surface area contributed by atoms with Crippen LogP contribution in [0.3, 0.4) is 0 Å². The number of carbonyl (C=O) groups excluding carboxylic acids is 2. The Morgan fingerprint density at radius 3 is 2.24 bits per heavy atom. The molecule has 0 saturated carbocycles. The molecule has 1 saturated heterocycles. The minimum atomic E-state index is -0.787. The van der Waals surface area contributed by atoms with E-state index in [0.29, 0.717) is 32.3 Å². The maximum atomic E-state index is 12.8. The van der Waals surface area contributed by atoms with Gasteiger partial charge in [-0.15, -0.1) is 0 Å². The summed E-state index contributed by atoms with van der Waals surface area (Å²) in [6.07, 6.45) is -0.521. The zero-order valence-electron chi connectivity index (χ0n) is 18.9. The zero-order chi connectivity index (χ0) is 26.1. The average Bonchev–Trinajstić information content (AvgIpc) is 3.47. The summed E-state index contributed by atoms with van der Waals surface area (Å²) in [6.45, 7) is -0.180. The van der Waals surface area contributed by atoms with Crippen molar-refractivity contribution in [3.8, 4) is 0 Å². The van der Waals surface area contributed by atoms with E-state index in [1.807, 2.05) is 0 Å². The van der Waals surface area contributed by atoms with Crippen LogP contribution < -0.4 is 5.73 Å². The summed E-state index contributed by atoms with van der Waals surface area (Å²) in [5.74, 6) is -1.04. The molecule has 1 aliphatic heterocycles. The van der Waals surface area contributed by atoms with Gasteiger partial charge < -0.3 is 19.9 Å². The maximum Gasteiger partial charge on any atom is 0.338 e.